The van der Waals surface area contributed by atoms with Gasteiger partial charge in [-0.15, -0.1) is 0 Å². The number of allylic oxidation sites excluding steroid dienone is 1. The molecule has 5 heteroatoms. The zero-order valence-corrected chi connectivity index (χ0v) is 10.7. The van der Waals surface area contributed by atoms with Crippen LogP contribution in [0.5, 0.6) is 0 Å². The molecular formula is C15H12F2N2O. The van der Waals surface area contributed by atoms with Gasteiger partial charge in [-0.3, -0.25) is 4.79 Å². The summed E-state index contributed by atoms with van der Waals surface area (Å²) in [5.41, 5.74) is 0.691. The van der Waals surface area contributed by atoms with E-state index in [1.165, 1.54) is 12.3 Å². The SMILES string of the molecule is C/C(C=N)=C/c1c[nH]cc1C(=O)c1c(F)cccc1F. The highest BCUT2D eigenvalue weighted by atomic mass is 19.1. The Morgan fingerprint density at radius 2 is 1.90 bits per heavy atom. The molecule has 0 saturated heterocycles. The Morgan fingerprint density at radius 3 is 2.50 bits per heavy atom. The predicted octanol–water partition coefficient (Wildman–Crippen LogP) is 3.58. The first-order valence-corrected chi connectivity index (χ1v) is 5.89. The number of benzene rings is 1. The van der Waals surface area contributed by atoms with Crippen molar-refractivity contribution in [3.63, 3.8) is 0 Å². The van der Waals surface area contributed by atoms with Gasteiger partial charge in [0.05, 0.1) is 5.56 Å². The number of carbonyl (C=O) groups is 1. The molecule has 2 rings (SSSR count). The van der Waals surface area contributed by atoms with Crippen molar-refractivity contribution in [1.82, 2.24) is 4.98 Å². The average Bonchev–Trinajstić information content (AvgIpc) is 2.86. The van der Waals surface area contributed by atoms with E-state index in [1.54, 1.807) is 19.2 Å². The van der Waals surface area contributed by atoms with E-state index in [-0.39, 0.29) is 5.56 Å². The molecule has 0 fully saturated rings. The molecule has 0 amide bonds. The minimum absolute atomic E-state index is 0.162. The summed E-state index contributed by atoms with van der Waals surface area (Å²) in [6, 6.07) is 3.29. The number of hydrogen-bond donors (Lipinski definition) is 2. The van der Waals surface area contributed by atoms with E-state index in [0.29, 0.717) is 11.1 Å². The van der Waals surface area contributed by atoms with Crippen molar-refractivity contribution in [3.8, 4) is 0 Å². The maximum absolute atomic E-state index is 13.6. The van der Waals surface area contributed by atoms with Crippen LogP contribution in [0.25, 0.3) is 6.08 Å². The maximum Gasteiger partial charge on any atom is 0.201 e. The van der Waals surface area contributed by atoms with Crippen molar-refractivity contribution in [2.75, 3.05) is 0 Å². The van der Waals surface area contributed by atoms with Crippen LogP contribution < -0.4 is 0 Å². The number of ketones is 1. The van der Waals surface area contributed by atoms with Crippen molar-refractivity contribution in [1.29, 1.82) is 5.41 Å². The summed E-state index contributed by atoms with van der Waals surface area (Å²) in [4.78, 5) is 15.0. The monoisotopic (exact) mass is 274 g/mol. The number of aromatic amines is 1. The number of halogens is 2. The topological polar surface area (TPSA) is 56.7 Å². The number of nitrogens with one attached hydrogen (secondary N) is 2. The Kier molecular flexibility index (Phi) is 3.89. The Morgan fingerprint density at radius 1 is 1.25 bits per heavy atom. The van der Waals surface area contributed by atoms with Crippen LogP contribution in [0.3, 0.4) is 0 Å². The Balaban J connectivity index is 2.50. The van der Waals surface area contributed by atoms with Gasteiger partial charge in [0.1, 0.15) is 11.6 Å². The van der Waals surface area contributed by atoms with Gasteiger partial charge in [-0.2, -0.15) is 0 Å². The third kappa shape index (κ3) is 2.56. The van der Waals surface area contributed by atoms with Crippen LogP contribution in [-0.4, -0.2) is 17.0 Å². The Hall–Kier alpha value is -2.56. The Labute approximate surface area is 114 Å². The molecule has 0 radical (unpaired) electrons. The molecule has 0 aliphatic carbocycles. The van der Waals surface area contributed by atoms with Crippen LogP contribution in [0.1, 0.15) is 28.4 Å². The van der Waals surface area contributed by atoms with E-state index in [2.05, 4.69) is 4.98 Å². The van der Waals surface area contributed by atoms with Crippen molar-refractivity contribution < 1.29 is 13.6 Å². The largest absolute Gasteiger partial charge is 0.366 e. The van der Waals surface area contributed by atoms with E-state index >= 15 is 0 Å². The summed E-state index contributed by atoms with van der Waals surface area (Å²) in [7, 11) is 0. The summed E-state index contributed by atoms with van der Waals surface area (Å²) < 4.78 is 27.3. The van der Waals surface area contributed by atoms with Crippen LogP contribution in [0.2, 0.25) is 0 Å². The van der Waals surface area contributed by atoms with Gasteiger partial charge in [-0.1, -0.05) is 6.07 Å². The summed E-state index contributed by atoms with van der Waals surface area (Å²) >= 11 is 0. The predicted molar refractivity (Wildman–Crippen MR) is 73.0 cm³/mol. The van der Waals surface area contributed by atoms with Crippen molar-refractivity contribution in [3.05, 3.63) is 64.5 Å². The highest BCUT2D eigenvalue weighted by molar-refractivity contribution is 6.11. The molecule has 0 spiro atoms. The minimum Gasteiger partial charge on any atom is -0.366 e. The molecule has 0 saturated carbocycles. The van der Waals surface area contributed by atoms with Crippen molar-refractivity contribution in [2.45, 2.75) is 6.92 Å². The standard InChI is InChI=1S/C15H12F2N2O/c1-9(6-18)5-10-7-19-8-11(10)15(20)14-12(16)3-2-4-13(14)17/h2-8,18-19H,1H3/b9-5-,18-6?. The highest BCUT2D eigenvalue weighted by Crippen LogP contribution is 2.20. The summed E-state index contributed by atoms with van der Waals surface area (Å²) in [6.07, 6.45) is 5.65. The Bertz CT molecular complexity index is 681. The van der Waals surface area contributed by atoms with Gasteiger partial charge in [0.15, 0.2) is 0 Å². The average molecular weight is 274 g/mol. The molecule has 1 aromatic heterocycles. The number of carbonyl (C=O) groups excluding carboxylic acids is 1. The number of hydrogen-bond acceptors (Lipinski definition) is 2. The zero-order valence-electron chi connectivity index (χ0n) is 10.7. The van der Waals surface area contributed by atoms with E-state index in [9.17, 15) is 13.6 Å². The first kappa shape index (κ1) is 13.9. The zero-order chi connectivity index (χ0) is 14.7. The molecule has 2 N–H and O–H groups in total. The van der Waals surface area contributed by atoms with Gasteiger partial charge < -0.3 is 10.4 Å². The highest BCUT2D eigenvalue weighted by Gasteiger charge is 2.21. The second-order valence-electron chi connectivity index (χ2n) is 4.28. The van der Waals surface area contributed by atoms with Gasteiger partial charge in [-0.05, 0) is 30.7 Å². The van der Waals surface area contributed by atoms with Crippen molar-refractivity contribution in [2.24, 2.45) is 0 Å². The maximum atomic E-state index is 13.6. The number of rotatable bonds is 4. The molecule has 0 aliphatic heterocycles. The quantitative estimate of drug-likeness (QED) is 0.649. The van der Waals surface area contributed by atoms with E-state index < -0.39 is 23.0 Å². The summed E-state index contributed by atoms with van der Waals surface area (Å²) in [5, 5.41) is 7.11. The lowest BCUT2D eigenvalue weighted by molar-refractivity contribution is 0.103. The third-order valence-electron chi connectivity index (χ3n) is 2.82. The molecule has 20 heavy (non-hydrogen) atoms. The van der Waals surface area contributed by atoms with Gasteiger partial charge in [0, 0.05) is 29.7 Å². The lowest BCUT2D eigenvalue weighted by atomic mass is 10.0. The first-order chi connectivity index (χ1) is 9.54. The minimum atomic E-state index is -0.894. The van der Waals surface area contributed by atoms with Crippen LogP contribution in [0.15, 0.2) is 36.2 Å². The van der Waals surface area contributed by atoms with Gasteiger partial charge in [0.2, 0.25) is 5.78 Å². The molecule has 3 nitrogen and oxygen atoms in total. The number of aromatic nitrogens is 1. The second kappa shape index (κ2) is 5.61. The lowest BCUT2D eigenvalue weighted by Gasteiger charge is -2.04. The molecule has 1 aromatic carbocycles. The smallest absolute Gasteiger partial charge is 0.201 e. The van der Waals surface area contributed by atoms with Crippen LogP contribution in [0, 0.1) is 17.0 Å². The fraction of sp³-hybridized carbons (Fsp3) is 0.0667. The normalized spacial score (nSPS) is 11.4. The lowest BCUT2D eigenvalue weighted by Crippen LogP contribution is -2.07. The van der Waals surface area contributed by atoms with Crippen LogP contribution in [-0.2, 0) is 0 Å². The van der Waals surface area contributed by atoms with E-state index in [0.717, 1.165) is 18.3 Å². The molecule has 0 aliphatic rings. The number of H-pyrrole nitrogens is 1. The van der Waals surface area contributed by atoms with Gasteiger partial charge in [-0.25, -0.2) is 8.78 Å². The third-order valence-corrected chi connectivity index (χ3v) is 2.82. The van der Waals surface area contributed by atoms with Crippen LogP contribution in [0.4, 0.5) is 8.78 Å². The molecule has 0 unspecified atom stereocenters. The summed E-state index contributed by atoms with van der Waals surface area (Å²) in [5.74, 6) is -2.52. The van der Waals surface area contributed by atoms with Crippen LogP contribution >= 0.6 is 0 Å². The molecule has 0 bridgehead atoms. The van der Waals surface area contributed by atoms with Crippen molar-refractivity contribution >= 4 is 18.1 Å². The molecule has 1 heterocycles. The molecule has 102 valence electrons. The van der Waals surface area contributed by atoms with E-state index in [4.69, 9.17) is 5.41 Å². The van der Waals surface area contributed by atoms with Gasteiger partial charge in [0.25, 0.3) is 0 Å². The fourth-order valence-corrected chi connectivity index (χ4v) is 1.83. The van der Waals surface area contributed by atoms with E-state index in [1.807, 2.05) is 0 Å². The second-order valence-corrected chi connectivity index (χ2v) is 4.28. The molecular weight excluding hydrogens is 262 g/mol. The molecule has 0 atom stereocenters. The molecule has 2 aromatic rings. The first-order valence-electron chi connectivity index (χ1n) is 5.89. The fourth-order valence-electron chi connectivity index (χ4n) is 1.83. The van der Waals surface area contributed by atoms with Gasteiger partial charge >= 0.3 is 0 Å². The summed E-state index contributed by atoms with van der Waals surface area (Å²) in [6.45, 7) is 1.69.